The van der Waals surface area contributed by atoms with E-state index in [9.17, 15) is 8.78 Å². The number of benzene rings is 1. The van der Waals surface area contributed by atoms with E-state index in [1.54, 1.807) is 0 Å². The van der Waals surface area contributed by atoms with Crippen molar-refractivity contribution in [2.75, 3.05) is 0 Å². The molecule has 1 rings (SSSR count). The summed E-state index contributed by atoms with van der Waals surface area (Å²) in [6, 6.07) is 2.34. The highest BCUT2D eigenvalue weighted by atomic mass is 31.0. The molecule has 0 saturated heterocycles. The Morgan fingerprint density at radius 3 is 2.30 bits per heavy atom. The largest absolute Gasteiger partial charge is 0.207 e. The van der Waals surface area contributed by atoms with Crippen molar-refractivity contribution in [2.45, 2.75) is 6.92 Å². The quantitative estimate of drug-likeness (QED) is 0.507. The van der Waals surface area contributed by atoms with E-state index >= 15 is 0 Å². The number of hydrogen-bond donors (Lipinski definition) is 0. The topological polar surface area (TPSA) is 0 Å². The summed E-state index contributed by atoms with van der Waals surface area (Å²) in [6.45, 7) is 1.53. The average molecular weight is 160 g/mol. The number of halogens is 2. The van der Waals surface area contributed by atoms with Gasteiger partial charge in [-0.25, -0.2) is 8.78 Å². The van der Waals surface area contributed by atoms with Crippen molar-refractivity contribution in [3.63, 3.8) is 0 Å². The zero-order chi connectivity index (χ0) is 7.72. The summed E-state index contributed by atoms with van der Waals surface area (Å²) in [4.78, 5) is 0. The molecule has 0 N–H and O–H groups in total. The Hall–Kier alpha value is -0.490. The van der Waals surface area contributed by atoms with Gasteiger partial charge < -0.3 is 0 Å². The molecular formula is C7H7F2P. The van der Waals surface area contributed by atoms with Gasteiger partial charge in [0.2, 0.25) is 0 Å². The first-order valence-electron chi connectivity index (χ1n) is 2.82. The molecule has 0 radical (unpaired) electrons. The molecule has 0 saturated carbocycles. The monoisotopic (exact) mass is 160 g/mol. The van der Waals surface area contributed by atoms with Gasteiger partial charge >= 0.3 is 0 Å². The second kappa shape index (κ2) is 2.63. The molecule has 0 nitrogen and oxygen atoms in total. The SMILES string of the molecule is Cc1cc(F)c(P)cc1F. The molecule has 0 aliphatic heterocycles. The third kappa shape index (κ3) is 1.32. The molecule has 54 valence electrons. The van der Waals surface area contributed by atoms with Crippen molar-refractivity contribution in [3.05, 3.63) is 29.3 Å². The first-order chi connectivity index (χ1) is 4.61. The van der Waals surface area contributed by atoms with Gasteiger partial charge in [0.1, 0.15) is 11.6 Å². The molecule has 0 heterocycles. The van der Waals surface area contributed by atoms with E-state index in [2.05, 4.69) is 9.24 Å². The molecular weight excluding hydrogens is 153 g/mol. The molecule has 0 aliphatic carbocycles. The van der Waals surface area contributed by atoms with Crippen molar-refractivity contribution < 1.29 is 8.78 Å². The zero-order valence-corrected chi connectivity index (χ0v) is 6.64. The lowest BCUT2D eigenvalue weighted by Gasteiger charge is -1.98. The summed E-state index contributed by atoms with van der Waals surface area (Å²) in [6.07, 6.45) is 0. The summed E-state index contributed by atoms with van der Waals surface area (Å²) in [5, 5.41) is 0.267. The third-order valence-electron chi connectivity index (χ3n) is 1.28. The van der Waals surface area contributed by atoms with Gasteiger partial charge in [-0.2, -0.15) is 0 Å². The maximum absolute atomic E-state index is 12.6. The predicted octanol–water partition coefficient (Wildman–Crippen LogP) is 1.77. The molecule has 10 heavy (non-hydrogen) atoms. The fourth-order valence-corrected chi connectivity index (χ4v) is 0.891. The van der Waals surface area contributed by atoms with Gasteiger partial charge in [-0.3, -0.25) is 0 Å². The van der Waals surface area contributed by atoms with Crippen LogP contribution in [0.5, 0.6) is 0 Å². The van der Waals surface area contributed by atoms with E-state index < -0.39 is 0 Å². The van der Waals surface area contributed by atoms with Gasteiger partial charge in [0, 0.05) is 5.30 Å². The first-order valence-corrected chi connectivity index (χ1v) is 3.40. The minimum atomic E-state index is -0.385. The van der Waals surface area contributed by atoms with Gasteiger partial charge in [0.25, 0.3) is 0 Å². The molecule has 0 aliphatic rings. The smallest absolute Gasteiger partial charge is 0.130 e. The van der Waals surface area contributed by atoms with E-state index in [1.165, 1.54) is 13.0 Å². The average Bonchev–Trinajstić information content (AvgIpc) is 1.84. The van der Waals surface area contributed by atoms with Gasteiger partial charge in [-0.05, 0) is 24.6 Å². The number of rotatable bonds is 0. The molecule has 0 bridgehead atoms. The summed E-state index contributed by atoms with van der Waals surface area (Å²) in [5.74, 6) is -0.754. The van der Waals surface area contributed by atoms with E-state index in [0.29, 0.717) is 5.56 Å². The highest BCUT2D eigenvalue weighted by Crippen LogP contribution is 2.07. The fraction of sp³-hybridized carbons (Fsp3) is 0.143. The second-order valence-electron chi connectivity index (χ2n) is 2.12. The molecule has 0 aromatic heterocycles. The van der Waals surface area contributed by atoms with Crippen molar-refractivity contribution in [1.29, 1.82) is 0 Å². The van der Waals surface area contributed by atoms with E-state index in [0.717, 1.165) is 6.07 Å². The Bertz CT molecular complexity index is 208. The van der Waals surface area contributed by atoms with Crippen LogP contribution in [0, 0.1) is 18.6 Å². The molecule has 0 spiro atoms. The minimum Gasteiger partial charge on any atom is -0.207 e. The van der Waals surface area contributed by atoms with Gasteiger partial charge in [0.05, 0.1) is 0 Å². The molecule has 1 atom stereocenters. The normalized spacial score (nSPS) is 10.0. The zero-order valence-electron chi connectivity index (χ0n) is 5.49. The van der Waals surface area contributed by atoms with E-state index in [-0.39, 0.29) is 16.9 Å². The second-order valence-corrected chi connectivity index (χ2v) is 2.74. The van der Waals surface area contributed by atoms with Crippen LogP contribution in [0.3, 0.4) is 0 Å². The molecule has 0 amide bonds. The maximum atomic E-state index is 12.6. The van der Waals surface area contributed by atoms with Crippen molar-refractivity contribution >= 4 is 14.5 Å². The molecule has 0 fully saturated rings. The lowest BCUT2D eigenvalue weighted by atomic mass is 10.2. The Balaban J connectivity index is 3.28. The third-order valence-corrected chi connectivity index (χ3v) is 1.72. The summed E-state index contributed by atoms with van der Waals surface area (Å²) < 4.78 is 25.2. The first kappa shape index (κ1) is 7.62. The van der Waals surface area contributed by atoms with Crippen molar-refractivity contribution in [3.8, 4) is 0 Å². The molecule has 1 aromatic carbocycles. The van der Waals surface area contributed by atoms with E-state index in [1.807, 2.05) is 0 Å². The summed E-state index contributed by atoms with van der Waals surface area (Å²) >= 11 is 0. The van der Waals surface area contributed by atoms with Gasteiger partial charge in [-0.15, -0.1) is 9.24 Å². The van der Waals surface area contributed by atoms with Crippen molar-refractivity contribution in [1.82, 2.24) is 0 Å². The lowest BCUT2D eigenvalue weighted by Crippen LogP contribution is -2.00. The minimum absolute atomic E-state index is 0.267. The standard InChI is InChI=1S/C7H7F2P/c1-4-2-6(9)7(10)3-5(4)8/h2-3H,10H2,1H3. The van der Waals surface area contributed by atoms with Crippen LogP contribution in [0.1, 0.15) is 5.56 Å². The highest BCUT2D eigenvalue weighted by Gasteiger charge is 2.01. The highest BCUT2D eigenvalue weighted by molar-refractivity contribution is 7.27. The Labute approximate surface area is 60.5 Å². The van der Waals surface area contributed by atoms with Crippen LogP contribution in [0.25, 0.3) is 0 Å². The Kier molecular flexibility index (Phi) is 2.00. The number of hydrogen-bond acceptors (Lipinski definition) is 0. The van der Waals surface area contributed by atoms with Crippen LogP contribution in [-0.2, 0) is 0 Å². The van der Waals surface area contributed by atoms with Gasteiger partial charge in [0.15, 0.2) is 0 Å². The maximum Gasteiger partial charge on any atom is 0.130 e. The fourth-order valence-electron chi connectivity index (χ4n) is 0.662. The van der Waals surface area contributed by atoms with Crippen LogP contribution in [0.4, 0.5) is 8.78 Å². The van der Waals surface area contributed by atoms with Crippen LogP contribution < -0.4 is 5.30 Å². The molecule has 1 unspecified atom stereocenters. The van der Waals surface area contributed by atoms with Gasteiger partial charge in [-0.1, -0.05) is 0 Å². The van der Waals surface area contributed by atoms with E-state index in [4.69, 9.17) is 0 Å². The van der Waals surface area contributed by atoms with Crippen molar-refractivity contribution in [2.24, 2.45) is 0 Å². The summed E-state index contributed by atoms with van der Waals surface area (Å²) in [5.41, 5.74) is 0.337. The predicted molar refractivity (Wildman–Crippen MR) is 40.4 cm³/mol. The number of aryl methyl sites for hydroxylation is 1. The lowest BCUT2D eigenvalue weighted by molar-refractivity contribution is 0.599. The van der Waals surface area contributed by atoms with Crippen LogP contribution in [0.15, 0.2) is 12.1 Å². The van der Waals surface area contributed by atoms with Crippen LogP contribution >= 0.6 is 9.24 Å². The van der Waals surface area contributed by atoms with Crippen LogP contribution in [-0.4, -0.2) is 0 Å². The summed E-state index contributed by atoms with van der Waals surface area (Å²) in [7, 11) is 2.13. The molecule has 3 heteroatoms. The molecule has 1 aromatic rings. The Morgan fingerprint density at radius 1 is 1.20 bits per heavy atom. The van der Waals surface area contributed by atoms with Crippen LogP contribution in [0.2, 0.25) is 0 Å². The Morgan fingerprint density at radius 2 is 1.80 bits per heavy atom.